The van der Waals surface area contributed by atoms with Gasteiger partial charge in [-0.25, -0.2) is 18.6 Å². The van der Waals surface area contributed by atoms with Gasteiger partial charge >= 0.3 is 5.97 Å². The summed E-state index contributed by atoms with van der Waals surface area (Å²) in [5, 5.41) is 0.559. The van der Waals surface area contributed by atoms with E-state index in [4.69, 9.17) is 4.74 Å². The molecule has 3 rings (SSSR count). The van der Waals surface area contributed by atoms with E-state index in [9.17, 15) is 18.4 Å². The number of esters is 1. The number of amides is 1. The number of hydrogen-bond donors (Lipinski definition) is 0. The van der Waals surface area contributed by atoms with Crippen LogP contribution in [0.1, 0.15) is 20.9 Å². The average Bonchev–Trinajstić information content (AvgIpc) is 3.08. The van der Waals surface area contributed by atoms with Crippen molar-refractivity contribution in [3.63, 3.8) is 0 Å². The van der Waals surface area contributed by atoms with Crippen LogP contribution in [0, 0.1) is 18.6 Å². The number of likely N-dealkylation sites (N-methyl/N-ethyl adjacent to an activating group) is 1. The van der Waals surface area contributed by atoms with Gasteiger partial charge in [0.25, 0.3) is 5.91 Å². The van der Waals surface area contributed by atoms with Crippen LogP contribution in [0.2, 0.25) is 0 Å². The van der Waals surface area contributed by atoms with Crippen LogP contribution in [0.3, 0.4) is 0 Å². The fourth-order valence-electron chi connectivity index (χ4n) is 2.60. The molecule has 0 bridgehead atoms. The first-order valence-corrected chi connectivity index (χ1v) is 9.54. The van der Waals surface area contributed by atoms with Gasteiger partial charge in [-0.2, -0.15) is 0 Å². The highest BCUT2D eigenvalue weighted by Gasteiger charge is 2.20. The smallest absolute Gasteiger partial charge is 0.350 e. The van der Waals surface area contributed by atoms with Gasteiger partial charge in [-0.15, -0.1) is 11.3 Å². The molecule has 0 aliphatic rings. The number of ether oxygens (including phenoxy) is 1. The standard InChI is InChI=1S/C21H18F2N2O3S/c1-13-19(29-20(24-13)15-6-8-16(22)9-7-15)21(27)28-12-18(26)25(2)11-14-4-3-5-17(23)10-14/h3-10H,11-12H2,1-2H3. The molecule has 1 heterocycles. The van der Waals surface area contributed by atoms with Crippen LogP contribution in [-0.4, -0.2) is 35.4 Å². The zero-order valence-electron chi connectivity index (χ0n) is 15.8. The lowest BCUT2D eigenvalue weighted by Crippen LogP contribution is -2.30. The normalized spacial score (nSPS) is 10.6. The Labute approximate surface area is 170 Å². The van der Waals surface area contributed by atoms with E-state index in [1.807, 2.05) is 0 Å². The highest BCUT2D eigenvalue weighted by molar-refractivity contribution is 7.17. The molecule has 0 unspecified atom stereocenters. The van der Waals surface area contributed by atoms with Crippen LogP contribution in [0.25, 0.3) is 10.6 Å². The Hall–Kier alpha value is -3.13. The van der Waals surface area contributed by atoms with E-state index in [1.54, 1.807) is 38.2 Å². The summed E-state index contributed by atoms with van der Waals surface area (Å²) in [5.74, 6) is -1.81. The van der Waals surface area contributed by atoms with Crippen molar-refractivity contribution in [3.8, 4) is 10.6 Å². The Morgan fingerprint density at radius 3 is 2.52 bits per heavy atom. The first-order valence-electron chi connectivity index (χ1n) is 8.72. The summed E-state index contributed by atoms with van der Waals surface area (Å²) >= 11 is 1.12. The molecule has 0 atom stereocenters. The van der Waals surface area contributed by atoms with Crippen molar-refractivity contribution in [1.29, 1.82) is 0 Å². The molecule has 0 spiro atoms. The molecular formula is C21H18F2N2O3S. The number of carbonyl (C=O) groups excluding carboxylic acids is 2. The maximum Gasteiger partial charge on any atom is 0.350 e. The van der Waals surface area contributed by atoms with Crippen molar-refractivity contribution in [3.05, 3.63) is 76.3 Å². The maximum absolute atomic E-state index is 13.2. The number of thiazole rings is 1. The number of nitrogens with zero attached hydrogens (tertiary/aromatic N) is 2. The third-order valence-corrected chi connectivity index (χ3v) is 5.32. The largest absolute Gasteiger partial charge is 0.451 e. The van der Waals surface area contributed by atoms with Crippen molar-refractivity contribution < 1.29 is 23.1 Å². The number of halogens is 2. The summed E-state index contributed by atoms with van der Waals surface area (Å²) in [4.78, 5) is 30.5. The lowest BCUT2D eigenvalue weighted by Gasteiger charge is -2.17. The molecule has 150 valence electrons. The van der Waals surface area contributed by atoms with E-state index in [-0.39, 0.29) is 23.1 Å². The lowest BCUT2D eigenvalue weighted by molar-refractivity contribution is -0.133. The van der Waals surface area contributed by atoms with Crippen LogP contribution in [0.5, 0.6) is 0 Å². The molecule has 1 amide bonds. The van der Waals surface area contributed by atoms with Gasteiger partial charge in [0.1, 0.15) is 21.5 Å². The van der Waals surface area contributed by atoms with Crippen molar-refractivity contribution in [2.75, 3.05) is 13.7 Å². The van der Waals surface area contributed by atoms with E-state index in [2.05, 4.69) is 4.98 Å². The van der Waals surface area contributed by atoms with Gasteiger partial charge in [-0.1, -0.05) is 12.1 Å². The number of carbonyl (C=O) groups is 2. The summed E-state index contributed by atoms with van der Waals surface area (Å²) < 4.78 is 31.4. The average molecular weight is 416 g/mol. The molecule has 0 fully saturated rings. The van der Waals surface area contributed by atoms with Crippen LogP contribution < -0.4 is 0 Å². The minimum absolute atomic E-state index is 0.197. The molecule has 1 aromatic heterocycles. The second-order valence-electron chi connectivity index (χ2n) is 6.40. The minimum Gasteiger partial charge on any atom is -0.451 e. The predicted molar refractivity (Wildman–Crippen MR) is 105 cm³/mol. The number of hydrogen-bond acceptors (Lipinski definition) is 5. The van der Waals surface area contributed by atoms with Gasteiger partial charge in [0.15, 0.2) is 6.61 Å². The van der Waals surface area contributed by atoms with Crippen LogP contribution >= 0.6 is 11.3 Å². The Morgan fingerprint density at radius 1 is 1.10 bits per heavy atom. The molecular weight excluding hydrogens is 398 g/mol. The number of rotatable bonds is 6. The van der Waals surface area contributed by atoms with E-state index in [0.717, 1.165) is 11.3 Å². The van der Waals surface area contributed by atoms with Crippen molar-refractivity contribution in [2.45, 2.75) is 13.5 Å². The summed E-state index contributed by atoms with van der Waals surface area (Å²) in [6.07, 6.45) is 0. The molecule has 0 N–H and O–H groups in total. The Bertz CT molecular complexity index is 1030. The van der Waals surface area contributed by atoms with Gasteiger partial charge < -0.3 is 9.64 Å². The first kappa shape index (κ1) is 20.6. The van der Waals surface area contributed by atoms with Gasteiger partial charge in [0.05, 0.1) is 5.69 Å². The second-order valence-corrected chi connectivity index (χ2v) is 7.40. The third-order valence-electron chi connectivity index (χ3n) is 4.13. The molecule has 3 aromatic rings. The molecule has 0 radical (unpaired) electrons. The minimum atomic E-state index is -0.652. The Morgan fingerprint density at radius 2 is 1.83 bits per heavy atom. The topological polar surface area (TPSA) is 59.5 Å². The zero-order chi connectivity index (χ0) is 21.0. The van der Waals surface area contributed by atoms with Crippen LogP contribution in [0.4, 0.5) is 8.78 Å². The van der Waals surface area contributed by atoms with Gasteiger partial charge in [-0.05, 0) is 48.9 Å². The zero-order valence-corrected chi connectivity index (χ0v) is 16.6. The van der Waals surface area contributed by atoms with Crippen molar-refractivity contribution >= 4 is 23.2 Å². The molecule has 29 heavy (non-hydrogen) atoms. The second kappa shape index (κ2) is 8.91. The first-order chi connectivity index (χ1) is 13.8. The monoisotopic (exact) mass is 416 g/mol. The Kier molecular flexibility index (Phi) is 6.33. The molecule has 0 saturated carbocycles. The van der Waals surface area contributed by atoms with E-state index >= 15 is 0 Å². The van der Waals surface area contributed by atoms with Crippen molar-refractivity contribution in [1.82, 2.24) is 9.88 Å². The highest BCUT2D eigenvalue weighted by Crippen LogP contribution is 2.28. The van der Waals surface area contributed by atoms with Crippen LogP contribution in [0.15, 0.2) is 48.5 Å². The quantitative estimate of drug-likeness (QED) is 0.565. The predicted octanol–water partition coefficient (Wildman–Crippen LogP) is 4.21. The van der Waals surface area contributed by atoms with Gasteiger partial charge in [-0.3, -0.25) is 4.79 Å². The summed E-state index contributed by atoms with van der Waals surface area (Å²) in [7, 11) is 1.55. The third kappa shape index (κ3) is 5.23. The van der Waals surface area contributed by atoms with E-state index < -0.39 is 18.5 Å². The molecule has 8 heteroatoms. The summed E-state index contributed by atoms with van der Waals surface area (Å²) in [6, 6.07) is 11.7. The highest BCUT2D eigenvalue weighted by atomic mass is 32.1. The summed E-state index contributed by atoms with van der Waals surface area (Å²) in [5.41, 5.74) is 1.79. The van der Waals surface area contributed by atoms with Gasteiger partial charge in [0, 0.05) is 19.2 Å². The fourth-order valence-corrected chi connectivity index (χ4v) is 3.57. The molecule has 5 nitrogen and oxygen atoms in total. The van der Waals surface area contributed by atoms with Crippen LogP contribution in [-0.2, 0) is 16.1 Å². The van der Waals surface area contributed by atoms with E-state index in [0.29, 0.717) is 21.8 Å². The fraction of sp³-hybridized carbons (Fsp3) is 0.190. The lowest BCUT2D eigenvalue weighted by atomic mass is 10.2. The molecule has 2 aromatic carbocycles. The number of aromatic nitrogens is 1. The molecule has 0 aliphatic heterocycles. The molecule has 0 saturated heterocycles. The Balaban J connectivity index is 1.60. The number of aryl methyl sites for hydroxylation is 1. The SMILES string of the molecule is Cc1nc(-c2ccc(F)cc2)sc1C(=O)OCC(=O)N(C)Cc1cccc(F)c1. The maximum atomic E-state index is 13.2. The van der Waals surface area contributed by atoms with Crippen molar-refractivity contribution in [2.24, 2.45) is 0 Å². The summed E-state index contributed by atoms with van der Waals surface area (Å²) in [6.45, 7) is 1.42. The molecule has 0 aliphatic carbocycles. The van der Waals surface area contributed by atoms with E-state index in [1.165, 1.54) is 29.2 Å². The number of benzene rings is 2. The van der Waals surface area contributed by atoms with Gasteiger partial charge in [0.2, 0.25) is 0 Å².